The summed E-state index contributed by atoms with van der Waals surface area (Å²) < 4.78 is 10.8. The summed E-state index contributed by atoms with van der Waals surface area (Å²) in [6.07, 6.45) is 1.68. The van der Waals surface area contributed by atoms with E-state index in [4.69, 9.17) is 14.5 Å². The quantitative estimate of drug-likeness (QED) is 0.936. The van der Waals surface area contributed by atoms with E-state index in [-0.39, 0.29) is 6.17 Å². The second-order valence-corrected chi connectivity index (χ2v) is 6.03. The summed E-state index contributed by atoms with van der Waals surface area (Å²) in [4.78, 5) is 6.79. The third-order valence-corrected chi connectivity index (χ3v) is 4.45. The van der Waals surface area contributed by atoms with Crippen LogP contribution < -0.4 is 14.4 Å². The molecule has 24 heavy (non-hydrogen) atoms. The summed E-state index contributed by atoms with van der Waals surface area (Å²) >= 11 is 0. The summed E-state index contributed by atoms with van der Waals surface area (Å²) in [6, 6.07) is 7.79. The Morgan fingerprint density at radius 3 is 2.29 bits per heavy atom. The zero-order valence-electron chi connectivity index (χ0n) is 14.6. The molecule has 1 N–H and O–H groups in total. The summed E-state index contributed by atoms with van der Waals surface area (Å²) in [5.41, 5.74) is 4.66. The summed E-state index contributed by atoms with van der Waals surface area (Å²) in [5, 5.41) is 10.0. The minimum absolute atomic E-state index is 0.160. The van der Waals surface area contributed by atoms with Crippen LogP contribution in [0.2, 0.25) is 0 Å². The monoisotopic (exact) mass is 326 g/mol. The van der Waals surface area contributed by atoms with Gasteiger partial charge in [-0.05, 0) is 42.7 Å². The number of aromatic hydroxyl groups is 1. The van der Waals surface area contributed by atoms with Crippen LogP contribution in [0.15, 0.2) is 29.3 Å². The molecular formula is C19H22N2O3. The first-order valence-electron chi connectivity index (χ1n) is 7.78. The molecule has 0 radical (unpaired) electrons. The van der Waals surface area contributed by atoms with Crippen LogP contribution >= 0.6 is 0 Å². The zero-order chi connectivity index (χ0) is 17.4. The fourth-order valence-corrected chi connectivity index (χ4v) is 3.12. The largest absolute Gasteiger partial charge is 0.507 e. The van der Waals surface area contributed by atoms with Crippen molar-refractivity contribution in [1.29, 1.82) is 0 Å². The molecule has 0 bridgehead atoms. The van der Waals surface area contributed by atoms with Gasteiger partial charge in [-0.3, -0.25) is 4.99 Å². The van der Waals surface area contributed by atoms with Gasteiger partial charge in [0.25, 0.3) is 0 Å². The molecule has 0 fully saturated rings. The van der Waals surface area contributed by atoms with Crippen molar-refractivity contribution in [2.75, 3.05) is 26.2 Å². The van der Waals surface area contributed by atoms with Crippen molar-refractivity contribution >= 4 is 11.9 Å². The molecule has 0 spiro atoms. The fraction of sp³-hybridized carbons (Fsp3) is 0.316. The van der Waals surface area contributed by atoms with Crippen molar-refractivity contribution in [3.05, 3.63) is 46.5 Å². The van der Waals surface area contributed by atoms with Gasteiger partial charge >= 0.3 is 0 Å². The molecule has 5 nitrogen and oxygen atoms in total. The van der Waals surface area contributed by atoms with Crippen LogP contribution in [0.1, 0.15) is 28.4 Å². The molecule has 1 heterocycles. The predicted octanol–water partition coefficient (Wildman–Crippen LogP) is 3.59. The Morgan fingerprint density at radius 1 is 1.04 bits per heavy atom. The predicted molar refractivity (Wildman–Crippen MR) is 95.9 cm³/mol. The maximum Gasteiger partial charge on any atom is 0.146 e. The summed E-state index contributed by atoms with van der Waals surface area (Å²) in [5.74, 6) is 1.81. The number of benzene rings is 2. The van der Waals surface area contributed by atoms with Crippen LogP contribution in [0.4, 0.5) is 5.69 Å². The lowest BCUT2D eigenvalue weighted by Gasteiger charge is -2.33. The normalized spacial score (nSPS) is 16.0. The number of ether oxygens (including phenoxy) is 2. The lowest BCUT2D eigenvalue weighted by molar-refractivity contribution is 0.393. The topological polar surface area (TPSA) is 54.3 Å². The maximum absolute atomic E-state index is 10.0. The van der Waals surface area contributed by atoms with Crippen LogP contribution in [0, 0.1) is 13.8 Å². The highest BCUT2D eigenvalue weighted by atomic mass is 16.5. The molecule has 0 aliphatic carbocycles. The van der Waals surface area contributed by atoms with Crippen LogP contribution in [0.25, 0.3) is 0 Å². The first-order chi connectivity index (χ1) is 11.5. The highest BCUT2D eigenvalue weighted by Crippen LogP contribution is 2.40. The van der Waals surface area contributed by atoms with Crippen LogP contribution in [0.5, 0.6) is 17.2 Å². The van der Waals surface area contributed by atoms with Crippen molar-refractivity contribution in [3.63, 3.8) is 0 Å². The van der Waals surface area contributed by atoms with Gasteiger partial charge in [0, 0.05) is 25.4 Å². The van der Waals surface area contributed by atoms with E-state index in [9.17, 15) is 5.11 Å². The number of methoxy groups -OCH3 is 2. The second-order valence-electron chi connectivity index (χ2n) is 6.03. The van der Waals surface area contributed by atoms with Gasteiger partial charge in [-0.2, -0.15) is 0 Å². The van der Waals surface area contributed by atoms with Crippen molar-refractivity contribution in [1.82, 2.24) is 0 Å². The molecule has 0 saturated carbocycles. The van der Waals surface area contributed by atoms with E-state index in [1.165, 1.54) is 0 Å². The number of hydrogen-bond acceptors (Lipinski definition) is 5. The highest BCUT2D eigenvalue weighted by molar-refractivity contribution is 5.94. The minimum Gasteiger partial charge on any atom is -0.507 e. The minimum atomic E-state index is -0.160. The van der Waals surface area contributed by atoms with Gasteiger partial charge in [-0.1, -0.05) is 0 Å². The van der Waals surface area contributed by atoms with Crippen LogP contribution in [0.3, 0.4) is 0 Å². The van der Waals surface area contributed by atoms with Gasteiger partial charge < -0.3 is 19.5 Å². The number of aliphatic imine (C=N–C) groups is 1. The third kappa shape index (κ3) is 2.56. The van der Waals surface area contributed by atoms with E-state index in [0.29, 0.717) is 5.75 Å². The molecule has 2 aromatic carbocycles. The van der Waals surface area contributed by atoms with E-state index < -0.39 is 0 Å². The Bertz CT molecular complexity index is 791. The number of fused-ring (bicyclic) bond motifs is 1. The standard InChI is InChI=1S/C19H22N2O3/c1-11-6-13(7-12(2)18(11)22)19-20-10-15-16(21(19)3)8-14(23-4)9-17(15)24-5/h6-10,19,22H,1-5H3. The number of aryl methyl sites for hydroxylation is 2. The molecule has 0 saturated heterocycles. The smallest absolute Gasteiger partial charge is 0.146 e. The van der Waals surface area contributed by atoms with Crippen molar-refractivity contribution in [2.45, 2.75) is 20.0 Å². The average Bonchev–Trinajstić information content (AvgIpc) is 2.58. The third-order valence-electron chi connectivity index (χ3n) is 4.45. The van der Waals surface area contributed by atoms with Crippen molar-refractivity contribution in [2.24, 2.45) is 4.99 Å². The molecule has 2 aromatic rings. The highest BCUT2D eigenvalue weighted by Gasteiger charge is 2.26. The lowest BCUT2D eigenvalue weighted by atomic mass is 10.0. The molecule has 0 aromatic heterocycles. The summed E-state index contributed by atoms with van der Waals surface area (Å²) in [6.45, 7) is 3.80. The van der Waals surface area contributed by atoms with Crippen molar-refractivity contribution < 1.29 is 14.6 Å². The molecule has 5 heteroatoms. The van der Waals surface area contributed by atoms with Gasteiger partial charge in [0.05, 0.1) is 25.5 Å². The molecule has 126 valence electrons. The number of rotatable bonds is 3. The van der Waals surface area contributed by atoms with Gasteiger partial charge in [-0.25, -0.2) is 0 Å². The van der Waals surface area contributed by atoms with E-state index in [1.807, 2.05) is 51.4 Å². The van der Waals surface area contributed by atoms with Gasteiger partial charge in [0.1, 0.15) is 23.4 Å². The number of phenolic OH excluding ortho intramolecular Hbond substituents is 1. The van der Waals surface area contributed by atoms with Gasteiger partial charge in [0.2, 0.25) is 0 Å². The number of hydrogen-bond donors (Lipinski definition) is 1. The first-order valence-corrected chi connectivity index (χ1v) is 7.78. The molecule has 0 amide bonds. The lowest BCUT2D eigenvalue weighted by Crippen LogP contribution is -2.27. The number of nitrogens with zero attached hydrogens (tertiary/aromatic N) is 2. The average molecular weight is 326 g/mol. The maximum atomic E-state index is 10.0. The Morgan fingerprint density at radius 2 is 1.71 bits per heavy atom. The fourth-order valence-electron chi connectivity index (χ4n) is 3.12. The Balaban J connectivity index is 2.09. The second kappa shape index (κ2) is 6.07. The number of anilines is 1. The molecule has 1 atom stereocenters. The van der Waals surface area contributed by atoms with Gasteiger partial charge in [-0.15, -0.1) is 0 Å². The van der Waals surface area contributed by atoms with Crippen molar-refractivity contribution in [3.8, 4) is 17.2 Å². The van der Waals surface area contributed by atoms with E-state index in [0.717, 1.165) is 39.4 Å². The van der Waals surface area contributed by atoms with E-state index in [1.54, 1.807) is 14.2 Å². The summed E-state index contributed by atoms with van der Waals surface area (Å²) in [7, 11) is 5.28. The Labute approximate surface area is 142 Å². The first kappa shape index (κ1) is 16.2. The van der Waals surface area contributed by atoms with Crippen LogP contribution in [-0.2, 0) is 0 Å². The SMILES string of the molecule is COc1cc(OC)c2c(c1)N(C)C(c1cc(C)c(O)c(C)c1)N=C2. The number of phenols is 1. The van der Waals surface area contributed by atoms with Gasteiger partial charge in [0.15, 0.2) is 0 Å². The van der Waals surface area contributed by atoms with E-state index in [2.05, 4.69) is 4.90 Å². The Hall–Kier alpha value is -2.69. The molecule has 1 unspecified atom stereocenters. The van der Waals surface area contributed by atoms with E-state index >= 15 is 0 Å². The molecule has 1 aliphatic heterocycles. The zero-order valence-corrected chi connectivity index (χ0v) is 14.6. The molecule has 1 aliphatic rings. The van der Waals surface area contributed by atoms with Crippen LogP contribution in [-0.4, -0.2) is 32.6 Å². The molecule has 3 rings (SSSR count). The Kier molecular flexibility index (Phi) is 4.09. The molecular weight excluding hydrogens is 304 g/mol.